The van der Waals surface area contributed by atoms with E-state index in [1.807, 2.05) is 13.3 Å². The first-order valence-electron chi connectivity index (χ1n) is 8.62. The highest BCUT2D eigenvalue weighted by molar-refractivity contribution is 5.76. The van der Waals surface area contributed by atoms with Crippen molar-refractivity contribution in [1.29, 1.82) is 0 Å². The summed E-state index contributed by atoms with van der Waals surface area (Å²) in [6.45, 7) is 14.4. The maximum absolute atomic E-state index is 12.3. The lowest BCUT2D eigenvalue weighted by atomic mass is 9.74. The summed E-state index contributed by atoms with van der Waals surface area (Å²) >= 11 is 0. The fourth-order valence-electron chi connectivity index (χ4n) is 4.10. The summed E-state index contributed by atoms with van der Waals surface area (Å²) in [5.41, 5.74) is 2.41. The summed E-state index contributed by atoms with van der Waals surface area (Å²) in [6.07, 6.45) is 4.55. The van der Waals surface area contributed by atoms with E-state index in [0.717, 1.165) is 25.1 Å². The van der Waals surface area contributed by atoms with Crippen LogP contribution in [0.2, 0.25) is 0 Å². The van der Waals surface area contributed by atoms with Crippen LogP contribution in [0.1, 0.15) is 58.3 Å². The molecule has 23 heavy (non-hydrogen) atoms. The van der Waals surface area contributed by atoms with Crippen molar-refractivity contribution in [3.8, 4) is 0 Å². The second-order valence-corrected chi connectivity index (χ2v) is 8.33. The predicted octanol–water partition coefficient (Wildman–Crippen LogP) is 2.56. The van der Waals surface area contributed by atoms with Gasteiger partial charge >= 0.3 is 0 Å². The Morgan fingerprint density at radius 1 is 1.30 bits per heavy atom. The number of imidazole rings is 1. The molecule has 5 heteroatoms. The minimum atomic E-state index is 0.0954. The maximum Gasteiger partial charge on any atom is 0.220 e. The van der Waals surface area contributed by atoms with E-state index in [9.17, 15) is 4.79 Å². The predicted molar refractivity (Wildman–Crippen MR) is 93.3 cm³/mol. The number of aromatic nitrogens is 2. The Balaban J connectivity index is 1.79. The fourth-order valence-corrected chi connectivity index (χ4v) is 4.10. The molecule has 5 nitrogen and oxygen atoms in total. The van der Waals surface area contributed by atoms with Crippen LogP contribution in [0.4, 0.5) is 0 Å². The molecule has 1 aromatic heterocycles. The third-order valence-corrected chi connectivity index (χ3v) is 4.77. The van der Waals surface area contributed by atoms with Crippen molar-refractivity contribution in [2.45, 2.75) is 78.4 Å². The molecule has 2 heterocycles. The van der Waals surface area contributed by atoms with Crippen LogP contribution in [-0.2, 0) is 11.3 Å². The zero-order valence-electron chi connectivity index (χ0n) is 15.5. The van der Waals surface area contributed by atoms with Crippen LogP contribution >= 0.6 is 0 Å². The number of carbonyl (C=O) groups is 1. The number of aryl methyl sites for hydroxylation is 1. The number of hydrogen-bond donors (Lipinski definition) is 2. The van der Waals surface area contributed by atoms with Gasteiger partial charge in [0.05, 0.1) is 12.0 Å². The molecule has 1 aromatic rings. The van der Waals surface area contributed by atoms with Gasteiger partial charge in [0, 0.05) is 36.3 Å². The second-order valence-electron chi connectivity index (χ2n) is 8.33. The van der Waals surface area contributed by atoms with Crippen LogP contribution < -0.4 is 10.6 Å². The normalized spacial score (nSPS) is 20.4. The first-order chi connectivity index (χ1) is 10.6. The van der Waals surface area contributed by atoms with E-state index in [2.05, 4.69) is 54.8 Å². The minimum Gasteiger partial charge on any atom is -0.354 e. The minimum absolute atomic E-state index is 0.0954. The summed E-state index contributed by atoms with van der Waals surface area (Å²) in [7, 11) is 0. The van der Waals surface area contributed by atoms with Crippen molar-refractivity contribution in [1.82, 2.24) is 20.2 Å². The van der Waals surface area contributed by atoms with E-state index < -0.39 is 0 Å². The van der Waals surface area contributed by atoms with Gasteiger partial charge in [-0.1, -0.05) is 0 Å². The average molecular weight is 320 g/mol. The van der Waals surface area contributed by atoms with E-state index in [-0.39, 0.29) is 17.0 Å². The van der Waals surface area contributed by atoms with E-state index in [4.69, 9.17) is 0 Å². The van der Waals surface area contributed by atoms with Gasteiger partial charge in [-0.15, -0.1) is 0 Å². The molecule has 0 spiro atoms. The highest BCUT2D eigenvalue weighted by Gasteiger charge is 2.38. The molecule has 0 aromatic carbocycles. The number of hydrogen-bond acceptors (Lipinski definition) is 3. The fraction of sp³-hybridized carbons (Fsp3) is 0.778. The quantitative estimate of drug-likeness (QED) is 0.876. The van der Waals surface area contributed by atoms with Gasteiger partial charge in [-0.25, -0.2) is 4.98 Å². The molecule has 0 atom stereocenters. The van der Waals surface area contributed by atoms with Gasteiger partial charge in [0.25, 0.3) is 0 Å². The number of rotatable bonds is 5. The largest absolute Gasteiger partial charge is 0.354 e. The number of carbonyl (C=O) groups excluding carboxylic acids is 1. The summed E-state index contributed by atoms with van der Waals surface area (Å²) in [5.74, 6) is 0.608. The van der Waals surface area contributed by atoms with Crippen LogP contribution in [0.15, 0.2) is 6.33 Å². The molecule has 0 aliphatic carbocycles. The molecule has 0 radical (unpaired) electrons. The van der Waals surface area contributed by atoms with Crippen LogP contribution in [0.25, 0.3) is 0 Å². The van der Waals surface area contributed by atoms with Crippen LogP contribution in [-0.4, -0.2) is 33.1 Å². The number of amides is 1. The van der Waals surface area contributed by atoms with Gasteiger partial charge in [0.1, 0.15) is 0 Å². The zero-order valence-corrected chi connectivity index (χ0v) is 15.5. The highest BCUT2D eigenvalue weighted by atomic mass is 16.1. The first kappa shape index (κ1) is 18.0. The summed E-state index contributed by atoms with van der Waals surface area (Å²) < 4.78 is 2.09. The van der Waals surface area contributed by atoms with E-state index >= 15 is 0 Å². The van der Waals surface area contributed by atoms with Crippen molar-refractivity contribution in [2.75, 3.05) is 6.54 Å². The van der Waals surface area contributed by atoms with Crippen LogP contribution in [0, 0.1) is 19.8 Å². The molecular weight excluding hydrogens is 288 g/mol. The maximum atomic E-state index is 12.3. The molecule has 1 aliphatic heterocycles. The van der Waals surface area contributed by atoms with E-state index in [1.54, 1.807) is 0 Å². The molecule has 0 saturated carbocycles. The van der Waals surface area contributed by atoms with Crippen LogP contribution in [0.3, 0.4) is 0 Å². The molecule has 1 amide bonds. The third kappa shape index (κ3) is 5.06. The highest BCUT2D eigenvalue weighted by Crippen LogP contribution is 2.34. The summed E-state index contributed by atoms with van der Waals surface area (Å²) in [5, 5.41) is 6.73. The van der Waals surface area contributed by atoms with Crippen LogP contribution in [0.5, 0.6) is 0 Å². The van der Waals surface area contributed by atoms with Crippen molar-refractivity contribution in [3.63, 3.8) is 0 Å². The summed E-state index contributed by atoms with van der Waals surface area (Å²) in [4.78, 5) is 16.5. The molecule has 0 bridgehead atoms. The first-order valence-corrected chi connectivity index (χ1v) is 8.62. The van der Waals surface area contributed by atoms with Crippen molar-refractivity contribution >= 4 is 5.91 Å². The third-order valence-electron chi connectivity index (χ3n) is 4.77. The van der Waals surface area contributed by atoms with Gasteiger partial charge in [-0.3, -0.25) is 4.79 Å². The van der Waals surface area contributed by atoms with Gasteiger partial charge in [0.15, 0.2) is 0 Å². The Morgan fingerprint density at radius 2 is 1.91 bits per heavy atom. The average Bonchev–Trinajstić information content (AvgIpc) is 2.66. The lowest BCUT2D eigenvalue weighted by Crippen LogP contribution is -2.58. The van der Waals surface area contributed by atoms with Gasteiger partial charge in [-0.05, 0) is 60.3 Å². The molecule has 1 fully saturated rings. The molecule has 1 saturated heterocycles. The Bertz CT molecular complexity index is 543. The molecular formula is C18H32N4O. The lowest BCUT2D eigenvalue weighted by molar-refractivity contribution is -0.122. The number of piperidine rings is 1. The van der Waals surface area contributed by atoms with Gasteiger partial charge < -0.3 is 15.2 Å². The van der Waals surface area contributed by atoms with Crippen molar-refractivity contribution < 1.29 is 4.79 Å². The SMILES string of the molecule is Cc1ncn(CCNC(=O)CC2CC(C)(C)NC(C)(C)C2)c1C. The zero-order chi connectivity index (χ0) is 17.3. The molecule has 2 rings (SSSR count). The van der Waals surface area contributed by atoms with Crippen molar-refractivity contribution in [3.05, 3.63) is 17.7 Å². The van der Waals surface area contributed by atoms with E-state index in [0.29, 0.717) is 18.9 Å². The van der Waals surface area contributed by atoms with Crippen molar-refractivity contribution in [2.24, 2.45) is 5.92 Å². The molecule has 130 valence electrons. The smallest absolute Gasteiger partial charge is 0.220 e. The van der Waals surface area contributed by atoms with Gasteiger partial charge in [0.2, 0.25) is 5.91 Å². The monoisotopic (exact) mass is 320 g/mol. The Morgan fingerprint density at radius 3 is 2.43 bits per heavy atom. The second kappa shape index (κ2) is 6.63. The summed E-state index contributed by atoms with van der Waals surface area (Å²) in [6, 6.07) is 0. The van der Waals surface area contributed by atoms with Gasteiger partial charge in [-0.2, -0.15) is 0 Å². The topological polar surface area (TPSA) is 59.0 Å². The Kier molecular flexibility index (Phi) is 5.19. The lowest BCUT2D eigenvalue weighted by Gasteiger charge is -2.46. The molecule has 1 aliphatic rings. The van der Waals surface area contributed by atoms with E-state index in [1.165, 1.54) is 5.69 Å². The number of nitrogens with one attached hydrogen (secondary N) is 2. The standard InChI is InChI=1S/C18H32N4O/c1-13-14(2)22(12-20-13)8-7-19-16(23)9-15-10-17(3,4)21-18(5,6)11-15/h12,15,21H,7-11H2,1-6H3,(H,19,23). The molecule has 0 unspecified atom stereocenters. The Labute approximate surface area is 140 Å². The number of nitrogens with zero attached hydrogens (tertiary/aromatic N) is 2. The Hall–Kier alpha value is -1.36. The molecule has 2 N–H and O–H groups in total.